The van der Waals surface area contributed by atoms with Crippen LogP contribution in [0.1, 0.15) is 5.56 Å². The number of aromatic nitrogens is 2. The van der Waals surface area contributed by atoms with Gasteiger partial charge in [-0.2, -0.15) is 5.10 Å². The van der Waals surface area contributed by atoms with Crippen LogP contribution in [0.25, 0.3) is 10.8 Å². The summed E-state index contributed by atoms with van der Waals surface area (Å²) in [6.45, 7) is 0.637. The van der Waals surface area contributed by atoms with Gasteiger partial charge in [-0.15, -0.1) is 0 Å². The van der Waals surface area contributed by atoms with Crippen molar-refractivity contribution < 1.29 is 8.42 Å². The summed E-state index contributed by atoms with van der Waals surface area (Å²) in [5, 5.41) is 18.4. The number of hydrogen-bond donors (Lipinski definition) is 3. The third kappa shape index (κ3) is 4.65. The van der Waals surface area contributed by atoms with Crippen molar-refractivity contribution in [3.63, 3.8) is 0 Å². The normalized spacial score (nSPS) is 11.4. The molecule has 0 aliphatic heterocycles. The van der Waals surface area contributed by atoms with Crippen LogP contribution in [0.2, 0.25) is 0 Å². The number of nitrogens with zero attached hydrogens (tertiary/aromatic N) is 2. The molecule has 0 fully saturated rings. The van der Waals surface area contributed by atoms with Gasteiger partial charge in [0.25, 0.3) is 0 Å². The number of fused-ring (bicyclic) bond motifs is 1. The quantitative estimate of drug-likeness (QED) is 0.413. The van der Waals surface area contributed by atoms with E-state index in [0.717, 1.165) is 0 Å². The maximum atomic E-state index is 11.3. The van der Waals surface area contributed by atoms with E-state index >= 15 is 0 Å². The first-order chi connectivity index (χ1) is 14.4. The van der Waals surface area contributed by atoms with Gasteiger partial charge in [-0.25, -0.2) is 13.6 Å². The summed E-state index contributed by atoms with van der Waals surface area (Å²) >= 11 is 5.31. The Bertz CT molecular complexity index is 1310. The Hall–Kier alpha value is -3.27. The van der Waals surface area contributed by atoms with Crippen molar-refractivity contribution in [3.05, 3.63) is 84.6 Å². The van der Waals surface area contributed by atoms with Gasteiger partial charge in [0.15, 0.2) is 10.9 Å². The van der Waals surface area contributed by atoms with E-state index in [9.17, 15) is 8.42 Å². The Morgan fingerprint density at radius 1 is 0.967 bits per heavy atom. The molecule has 4 N–H and O–H groups in total. The van der Waals surface area contributed by atoms with E-state index in [0.29, 0.717) is 23.2 Å². The second-order valence-corrected chi connectivity index (χ2v) is 8.66. The maximum Gasteiger partial charge on any atom is 0.238 e. The number of hydrogen-bond acceptors (Lipinski definition) is 4. The first-order valence-electron chi connectivity index (χ1n) is 9.09. The topological polar surface area (TPSA) is 102 Å². The largest absolute Gasteiger partial charge is 0.332 e. The monoisotopic (exact) mass is 437 g/mol. The first kappa shape index (κ1) is 20.0. The lowest BCUT2D eigenvalue weighted by molar-refractivity contribution is 0.598. The van der Waals surface area contributed by atoms with E-state index in [1.807, 2.05) is 35.1 Å². The smallest absolute Gasteiger partial charge is 0.238 e. The zero-order chi connectivity index (χ0) is 21.1. The zero-order valence-electron chi connectivity index (χ0n) is 15.8. The third-order valence-corrected chi connectivity index (χ3v) is 5.67. The molecule has 0 radical (unpaired) electrons. The molecule has 0 unspecified atom stereocenters. The number of primary sulfonamides is 1. The summed E-state index contributed by atoms with van der Waals surface area (Å²) in [7, 11) is -3.72. The molecule has 7 nitrogen and oxygen atoms in total. The maximum absolute atomic E-state index is 11.3. The summed E-state index contributed by atoms with van der Waals surface area (Å²) in [6, 6.07) is 22.3. The molecule has 0 saturated heterocycles. The van der Waals surface area contributed by atoms with Crippen LogP contribution < -0.4 is 15.8 Å². The van der Waals surface area contributed by atoms with Crippen LogP contribution in [0.15, 0.2) is 83.9 Å². The molecule has 0 aliphatic rings. The van der Waals surface area contributed by atoms with Gasteiger partial charge < -0.3 is 10.6 Å². The van der Waals surface area contributed by atoms with Crippen molar-refractivity contribution in [1.29, 1.82) is 0 Å². The predicted molar refractivity (Wildman–Crippen MR) is 123 cm³/mol. The minimum atomic E-state index is -3.72. The molecule has 3 aromatic carbocycles. The van der Waals surface area contributed by atoms with Crippen molar-refractivity contribution >= 4 is 49.6 Å². The lowest BCUT2D eigenvalue weighted by Gasteiger charge is -2.09. The molecule has 1 heterocycles. The Balaban J connectivity index is 1.41. The molecule has 4 aromatic rings. The fraction of sp³-hybridized carbons (Fsp3) is 0.0476. The van der Waals surface area contributed by atoms with Gasteiger partial charge >= 0.3 is 0 Å². The Morgan fingerprint density at radius 3 is 2.47 bits per heavy atom. The molecule has 0 spiro atoms. The SMILES string of the molecule is NS(=O)(=O)c1ccc(NC(=S)Nc2ccn(Cc3cccc4ccccc34)n2)cc1. The van der Waals surface area contributed by atoms with E-state index in [1.165, 1.54) is 28.5 Å². The van der Waals surface area contributed by atoms with Crippen molar-refractivity contribution in [2.45, 2.75) is 11.4 Å². The standard InChI is InChI=1S/C21H19N5O2S2/c22-30(27,28)18-10-8-17(9-11-18)23-21(29)24-20-12-13-26(25-20)14-16-6-3-5-15-4-1-2-7-19(15)16/h1-13H,14H2,(H2,22,27,28)(H2,23,24,25,29). The van der Waals surface area contributed by atoms with Crippen molar-refractivity contribution in [1.82, 2.24) is 9.78 Å². The summed E-state index contributed by atoms with van der Waals surface area (Å²) in [5.74, 6) is 0.605. The molecule has 4 rings (SSSR count). The van der Waals surface area contributed by atoms with Gasteiger partial charge in [0.05, 0.1) is 11.4 Å². The van der Waals surface area contributed by atoms with E-state index < -0.39 is 10.0 Å². The molecule has 30 heavy (non-hydrogen) atoms. The summed E-state index contributed by atoms with van der Waals surface area (Å²) in [5.41, 5.74) is 1.81. The van der Waals surface area contributed by atoms with Gasteiger partial charge in [0.2, 0.25) is 10.0 Å². The number of benzene rings is 3. The van der Waals surface area contributed by atoms with Crippen LogP contribution in [-0.2, 0) is 16.6 Å². The molecular formula is C21H19N5O2S2. The van der Waals surface area contributed by atoms with E-state index in [-0.39, 0.29) is 4.90 Å². The number of anilines is 2. The number of nitrogens with two attached hydrogens (primary N) is 1. The number of nitrogens with one attached hydrogen (secondary N) is 2. The van der Waals surface area contributed by atoms with Gasteiger partial charge in [-0.3, -0.25) is 4.68 Å². The second-order valence-electron chi connectivity index (χ2n) is 6.69. The van der Waals surface area contributed by atoms with Gasteiger partial charge in [-0.05, 0) is 52.8 Å². The summed E-state index contributed by atoms with van der Waals surface area (Å²) < 4.78 is 24.5. The van der Waals surface area contributed by atoms with Crippen LogP contribution in [0.4, 0.5) is 11.5 Å². The molecule has 0 aliphatic carbocycles. The molecule has 0 amide bonds. The molecular weight excluding hydrogens is 418 g/mol. The number of sulfonamides is 1. The van der Waals surface area contributed by atoms with E-state index in [2.05, 4.69) is 40.0 Å². The van der Waals surface area contributed by atoms with E-state index in [4.69, 9.17) is 17.4 Å². The molecule has 152 valence electrons. The first-order valence-corrected chi connectivity index (χ1v) is 11.0. The Kier molecular flexibility index (Phi) is 5.49. The minimum absolute atomic E-state index is 0.0408. The molecule has 0 bridgehead atoms. The highest BCUT2D eigenvalue weighted by molar-refractivity contribution is 7.89. The highest BCUT2D eigenvalue weighted by Gasteiger charge is 2.08. The highest BCUT2D eigenvalue weighted by Crippen LogP contribution is 2.20. The Labute approximate surface area is 179 Å². The molecule has 0 atom stereocenters. The molecule has 9 heteroatoms. The fourth-order valence-corrected chi connectivity index (χ4v) is 3.87. The van der Waals surface area contributed by atoms with Crippen LogP contribution in [0.5, 0.6) is 0 Å². The number of rotatable bonds is 5. The van der Waals surface area contributed by atoms with Crippen LogP contribution in [-0.4, -0.2) is 23.3 Å². The zero-order valence-corrected chi connectivity index (χ0v) is 17.5. The fourth-order valence-electron chi connectivity index (χ4n) is 3.13. The molecule has 1 aromatic heterocycles. The Morgan fingerprint density at radius 2 is 1.70 bits per heavy atom. The summed E-state index contributed by atoms with van der Waals surface area (Å²) in [6.07, 6.45) is 1.88. The van der Waals surface area contributed by atoms with Gasteiger partial charge in [0.1, 0.15) is 0 Å². The van der Waals surface area contributed by atoms with Crippen molar-refractivity contribution in [2.75, 3.05) is 10.6 Å². The van der Waals surface area contributed by atoms with Crippen LogP contribution in [0, 0.1) is 0 Å². The van der Waals surface area contributed by atoms with Gasteiger partial charge in [-0.1, -0.05) is 42.5 Å². The molecule has 0 saturated carbocycles. The average Bonchev–Trinajstić information content (AvgIpc) is 3.14. The second kappa shape index (κ2) is 8.23. The van der Waals surface area contributed by atoms with E-state index in [1.54, 1.807) is 12.1 Å². The van der Waals surface area contributed by atoms with Crippen molar-refractivity contribution in [2.24, 2.45) is 5.14 Å². The highest BCUT2D eigenvalue weighted by atomic mass is 32.2. The number of thiocarbonyl (C=S) groups is 1. The lowest BCUT2D eigenvalue weighted by atomic mass is 10.0. The average molecular weight is 438 g/mol. The third-order valence-electron chi connectivity index (χ3n) is 4.54. The van der Waals surface area contributed by atoms with Gasteiger partial charge in [0, 0.05) is 18.0 Å². The lowest BCUT2D eigenvalue weighted by Crippen LogP contribution is -2.19. The van der Waals surface area contributed by atoms with Crippen LogP contribution >= 0.6 is 12.2 Å². The minimum Gasteiger partial charge on any atom is -0.332 e. The van der Waals surface area contributed by atoms with Crippen LogP contribution in [0.3, 0.4) is 0 Å². The van der Waals surface area contributed by atoms with Crippen molar-refractivity contribution in [3.8, 4) is 0 Å². The predicted octanol–water partition coefficient (Wildman–Crippen LogP) is 3.54. The summed E-state index contributed by atoms with van der Waals surface area (Å²) in [4.78, 5) is 0.0408.